The molecule has 0 saturated carbocycles. The van der Waals surface area contributed by atoms with Gasteiger partial charge in [-0.1, -0.05) is 0 Å². The number of rotatable bonds is 8. The molecule has 10 nitrogen and oxygen atoms in total. The molecule has 1 aliphatic heterocycles. The Morgan fingerprint density at radius 2 is 1.88 bits per heavy atom. The number of ether oxygens (including phenoxy) is 1. The molecule has 33 heavy (non-hydrogen) atoms. The molecule has 1 saturated heterocycles. The van der Waals surface area contributed by atoms with E-state index >= 15 is 0 Å². The van der Waals surface area contributed by atoms with Crippen LogP contribution in [-0.4, -0.2) is 56.6 Å². The highest BCUT2D eigenvalue weighted by atomic mass is 16.6. The van der Waals surface area contributed by atoms with Crippen LogP contribution in [0, 0.1) is 17.0 Å². The number of aromatic nitrogens is 2. The van der Waals surface area contributed by atoms with Gasteiger partial charge in [-0.25, -0.2) is 0 Å². The van der Waals surface area contributed by atoms with Crippen molar-refractivity contribution >= 4 is 11.6 Å². The number of benzene rings is 1. The van der Waals surface area contributed by atoms with E-state index in [-0.39, 0.29) is 24.0 Å². The van der Waals surface area contributed by atoms with Gasteiger partial charge in [0.25, 0.3) is 11.6 Å². The van der Waals surface area contributed by atoms with Crippen LogP contribution in [0.5, 0.6) is 5.75 Å². The number of carbonyl (C=O) groups excluding carboxylic acids is 1. The number of non-ortho nitro benzene ring substituents is 1. The first-order valence-electron chi connectivity index (χ1n) is 10.9. The van der Waals surface area contributed by atoms with Crippen LogP contribution in [0.15, 0.2) is 47.0 Å². The summed E-state index contributed by atoms with van der Waals surface area (Å²) in [6.07, 6.45) is 2.09. The average molecular weight is 453 g/mol. The summed E-state index contributed by atoms with van der Waals surface area (Å²) in [6.45, 7) is 8.77. The number of furan rings is 1. The topological polar surface area (TPSA) is 107 Å². The van der Waals surface area contributed by atoms with Crippen molar-refractivity contribution in [3.63, 3.8) is 0 Å². The first-order chi connectivity index (χ1) is 15.9. The predicted octanol–water partition coefficient (Wildman–Crippen LogP) is 3.25. The summed E-state index contributed by atoms with van der Waals surface area (Å²) >= 11 is 0. The van der Waals surface area contributed by atoms with Crippen molar-refractivity contribution in [2.45, 2.75) is 33.5 Å². The molecular weight excluding hydrogens is 426 g/mol. The Hall–Kier alpha value is -3.66. The predicted molar refractivity (Wildman–Crippen MR) is 120 cm³/mol. The second kappa shape index (κ2) is 9.86. The van der Waals surface area contributed by atoms with Crippen molar-refractivity contribution in [1.82, 2.24) is 19.6 Å². The summed E-state index contributed by atoms with van der Waals surface area (Å²) in [6, 6.07) is 9.18. The molecular formula is C23H27N5O5. The molecule has 10 heteroatoms. The van der Waals surface area contributed by atoms with Crippen LogP contribution < -0.4 is 4.74 Å². The number of hydrogen-bond donors (Lipinski definition) is 0. The Morgan fingerprint density at radius 3 is 2.52 bits per heavy atom. The van der Waals surface area contributed by atoms with E-state index in [1.807, 2.05) is 11.6 Å². The molecule has 1 aromatic carbocycles. The SMILES string of the molecule is CCn1cc(CN2CCN(C(=O)c3ccc(COc4ccc([N+](=O)[O-])cc4)o3)CC2)c(C)n1. The van der Waals surface area contributed by atoms with Crippen molar-refractivity contribution in [3.05, 3.63) is 75.5 Å². The number of hydrogen-bond acceptors (Lipinski definition) is 7. The zero-order valence-electron chi connectivity index (χ0n) is 18.8. The van der Waals surface area contributed by atoms with Crippen molar-refractivity contribution in [1.29, 1.82) is 0 Å². The maximum Gasteiger partial charge on any atom is 0.289 e. The van der Waals surface area contributed by atoms with E-state index in [1.165, 1.54) is 29.8 Å². The molecule has 0 spiro atoms. The summed E-state index contributed by atoms with van der Waals surface area (Å²) < 4.78 is 13.2. The maximum absolute atomic E-state index is 12.8. The Balaban J connectivity index is 1.27. The van der Waals surface area contributed by atoms with E-state index in [4.69, 9.17) is 9.15 Å². The molecule has 2 aromatic heterocycles. The third-order valence-electron chi connectivity index (χ3n) is 5.73. The van der Waals surface area contributed by atoms with Crippen molar-refractivity contribution in [2.75, 3.05) is 26.2 Å². The molecule has 1 aliphatic rings. The van der Waals surface area contributed by atoms with Gasteiger partial charge in [0.05, 0.1) is 10.6 Å². The molecule has 3 aromatic rings. The number of nitrogens with zero attached hydrogens (tertiary/aromatic N) is 5. The van der Waals surface area contributed by atoms with Crippen molar-refractivity contribution in [3.8, 4) is 5.75 Å². The summed E-state index contributed by atoms with van der Waals surface area (Å²) in [5.41, 5.74) is 2.27. The minimum Gasteiger partial charge on any atom is -0.486 e. The van der Waals surface area contributed by atoms with Gasteiger partial charge in [0.2, 0.25) is 0 Å². The van der Waals surface area contributed by atoms with Gasteiger partial charge in [0, 0.05) is 63.2 Å². The highest BCUT2D eigenvalue weighted by molar-refractivity contribution is 5.91. The highest BCUT2D eigenvalue weighted by Crippen LogP contribution is 2.20. The van der Waals surface area contributed by atoms with E-state index in [0.717, 1.165) is 31.9 Å². The van der Waals surface area contributed by atoms with Crippen LogP contribution in [0.25, 0.3) is 0 Å². The second-order valence-electron chi connectivity index (χ2n) is 7.97. The van der Waals surface area contributed by atoms with Crippen LogP contribution in [0.1, 0.15) is 34.5 Å². The zero-order chi connectivity index (χ0) is 23.4. The van der Waals surface area contributed by atoms with Crippen LogP contribution in [-0.2, 0) is 19.7 Å². The molecule has 174 valence electrons. The number of nitro benzene ring substituents is 1. The standard InChI is InChI=1S/C23H27N5O5/c1-3-27-15-18(17(2)24-27)14-25-10-12-26(13-11-25)23(29)22-9-8-21(33-22)16-32-20-6-4-19(5-7-20)28(30)31/h4-9,15H,3,10-14,16H2,1-2H3. The molecule has 0 unspecified atom stereocenters. The Morgan fingerprint density at radius 1 is 1.15 bits per heavy atom. The Bertz CT molecular complexity index is 1110. The Kier molecular flexibility index (Phi) is 6.74. The van der Waals surface area contributed by atoms with E-state index in [2.05, 4.69) is 23.1 Å². The van der Waals surface area contributed by atoms with E-state index < -0.39 is 4.92 Å². The molecule has 1 amide bonds. The molecule has 0 radical (unpaired) electrons. The summed E-state index contributed by atoms with van der Waals surface area (Å²) in [5, 5.41) is 15.2. The van der Waals surface area contributed by atoms with Gasteiger partial charge < -0.3 is 14.1 Å². The number of carbonyl (C=O) groups is 1. The van der Waals surface area contributed by atoms with Gasteiger partial charge in [-0.05, 0) is 38.1 Å². The molecule has 1 fully saturated rings. The largest absolute Gasteiger partial charge is 0.486 e. The van der Waals surface area contributed by atoms with Crippen LogP contribution in [0.4, 0.5) is 5.69 Å². The highest BCUT2D eigenvalue weighted by Gasteiger charge is 2.25. The third kappa shape index (κ3) is 5.40. The van der Waals surface area contributed by atoms with Gasteiger partial charge in [0.15, 0.2) is 5.76 Å². The second-order valence-corrected chi connectivity index (χ2v) is 7.97. The fraction of sp³-hybridized carbons (Fsp3) is 0.391. The van der Waals surface area contributed by atoms with E-state index in [1.54, 1.807) is 17.0 Å². The number of nitro groups is 1. The van der Waals surface area contributed by atoms with Gasteiger partial charge >= 0.3 is 0 Å². The first kappa shape index (κ1) is 22.5. The minimum atomic E-state index is -0.463. The molecule has 0 aliphatic carbocycles. The summed E-state index contributed by atoms with van der Waals surface area (Å²) in [7, 11) is 0. The normalized spacial score (nSPS) is 14.4. The van der Waals surface area contributed by atoms with Crippen LogP contribution >= 0.6 is 0 Å². The van der Waals surface area contributed by atoms with Gasteiger partial charge in [-0.15, -0.1) is 0 Å². The van der Waals surface area contributed by atoms with Crippen molar-refractivity contribution in [2.24, 2.45) is 0 Å². The fourth-order valence-corrected chi connectivity index (χ4v) is 3.77. The van der Waals surface area contributed by atoms with Gasteiger partial charge in [0.1, 0.15) is 18.1 Å². The lowest BCUT2D eigenvalue weighted by Crippen LogP contribution is -2.48. The molecule has 3 heterocycles. The summed E-state index contributed by atoms with van der Waals surface area (Å²) in [4.78, 5) is 27.2. The number of piperazine rings is 1. The fourth-order valence-electron chi connectivity index (χ4n) is 3.77. The van der Waals surface area contributed by atoms with Crippen LogP contribution in [0.2, 0.25) is 0 Å². The first-order valence-corrected chi connectivity index (χ1v) is 10.9. The molecule has 0 bridgehead atoms. The van der Waals surface area contributed by atoms with Crippen LogP contribution in [0.3, 0.4) is 0 Å². The lowest BCUT2D eigenvalue weighted by atomic mass is 10.2. The maximum atomic E-state index is 12.8. The van der Waals surface area contributed by atoms with E-state index in [0.29, 0.717) is 24.6 Å². The molecule has 4 rings (SSSR count). The molecule has 0 N–H and O–H groups in total. The lowest BCUT2D eigenvalue weighted by Gasteiger charge is -2.34. The summed E-state index contributed by atoms with van der Waals surface area (Å²) in [5.74, 6) is 1.15. The van der Waals surface area contributed by atoms with E-state index in [9.17, 15) is 14.9 Å². The lowest BCUT2D eigenvalue weighted by molar-refractivity contribution is -0.384. The Labute approximate surface area is 191 Å². The van der Waals surface area contributed by atoms with Gasteiger partial charge in [-0.2, -0.15) is 5.10 Å². The quantitative estimate of drug-likeness (QED) is 0.381. The zero-order valence-corrected chi connectivity index (χ0v) is 18.8. The smallest absolute Gasteiger partial charge is 0.289 e. The molecule has 0 atom stereocenters. The minimum absolute atomic E-state index is 0.000468. The van der Waals surface area contributed by atoms with Crippen molar-refractivity contribution < 1.29 is 18.9 Å². The monoisotopic (exact) mass is 453 g/mol. The van der Waals surface area contributed by atoms with Gasteiger partial charge in [-0.3, -0.25) is 24.5 Å². The number of amides is 1. The average Bonchev–Trinajstić information content (AvgIpc) is 3.44. The third-order valence-corrected chi connectivity index (χ3v) is 5.73. The number of aryl methyl sites for hydroxylation is 2.